The number of hydrogen-bond donors (Lipinski definition) is 2. The quantitative estimate of drug-likeness (QED) is 0.845. The fraction of sp³-hybridized carbons (Fsp3) is 0.350. The molecule has 0 saturated carbocycles. The van der Waals surface area contributed by atoms with E-state index in [1.54, 1.807) is 17.0 Å². The maximum Gasteiger partial charge on any atom is 0.263 e. The molecule has 2 heterocycles. The van der Waals surface area contributed by atoms with Gasteiger partial charge in [0, 0.05) is 31.4 Å². The molecule has 0 spiro atoms. The summed E-state index contributed by atoms with van der Waals surface area (Å²) in [6.07, 6.45) is 1.58. The first-order chi connectivity index (χ1) is 12.9. The van der Waals surface area contributed by atoms with Gasteiger partial charge in [0.1, 0.15) is 0 Å². The van der Waals surface area contributed by atoms with E-state index in [9.17, 15) is 14.4 Å². The first-order valence-electron chi connectivity index (χ1n) is 8.96. The van der Waals surface area contributed by atoms with Crippen LogP contribution >= 0.6 is 11.3 Å². The molecular weight excluding hydrogens is 362 g/mol. The molecule has 1 fully saturated rings. The molecule has 6 nitrogen and oxygen atoms in total. The number of hydrogen-bond acceptors (Lipinski definition) is 4. The maximum atomic E-state index is 12.7. The molecule has 3 amide bonds. The minimum atomic E-state index is -0.224. The fourth-order valence-corrected chi connectivity index (χ4v) is 3.94. The van der Waals surface area contributed by atoms with Crippen molar-refractivity contribution in [1.82, 2.24) is 4.90 Å². The third kappa shape index (κ3) is 4.74. The molecule has 0 bridgehead atoms. The Bertz CT molecular complexity index is 848. The lowest BCUT2D eigenvalue weighted by molar-refractivity contribution is -0.121. The number of rotatable bonds is 4. The first-order valence-corrected chi connectivity index (χ1v) is 9.84. The number of nitrogens with zero attached hydrogens (tertiary/aromatic N) is 1. The van der Waals surface area contributed by atoms with Gasteiger partial charge in [0.15, 0.2) is 0 Å². The molecular formula is C20H23N3O3S. The molecule has 1 atom stereocenters. The van der Waals surface area contributed by atoms with E-state index in [4.69, 9.17) is 0 Å². The monoisotopic (exact) mass is 385 g/mol. The summed E-state index contributed by atoms with van der Waals surface area (Å²) < 4.78 is 0. The number of anilines is 2. The Morgan fingerprint density at radius 3 is 2.67 bits per heavy atom. The van der Waals surface area contributed by atoms with E-state index in [0.717, 1.165) is 24.1 Å². The number of amides is 3. The summed E-state index contributed by atoms with van der Waals surface area (Å²) in [6.45, 7) is 4.46. The van der Waals surface area contributed by atoms with Crippen LogP contribution < -0.4 is 10.6 Å². The Morgan fingerprint density at radius 2 is 2.00 bits per heavy atom. The Balaban J connectivity index is 1.63. The molecule has 1 unspecified atom stereocenters. The molecule has 3 rings (SSSR count). The number of nitrogens with one attached hydrogen (secondary N) is 2. The molecule has 1 aromatic heterocycles. The molecule has 2 N–H and O–H groups in total. The molecule has 27 heavy (non-hydrogen) atoms. The van der Waals surface area contributed by atoms with Crippen molar-refractivity contribution in [2.24, 2.45) is 5.92 Å². The van der Waals surface area contributed by atoms with Gasteiger partial charge in [-0.2, -0.15) is 0 Å². The largest absolute Gasteiger partial charge is 0.337 e. The lowest BCUT2D eigenvalue weighted by Gasteiger charge is -2.31. The number of carbonyl (C=O) groups is 3. The van der Waals surface area contributed by atoms with E-state index in [1.807, 2.05) is 30.5 Å². The van der Waals surface area contributed by atoms with Crippen molar-refractivity contribution < 1.29 is 14.4 Å². The average molecular weight is 385 g/mol. The summed E-state index contributed by atoms with van der Waals surface area (Å²) in [6, 6.07) is 9.06. The molecule has 142 valence electrons. The zero-order valence-corrected chi connectivity index (χ0v) is 16.3. The van der Waals surface area contributed by atoms with Crippen LogP contribution in [0.4, 0.5) is 11.4 Å². The number of aryl methyl sites for hydroxylation is 1. The van der Waals surface area contributed by atoms with Crippen molar-refractivity contribution in [2.75, 3.05) is 23.7 Å². The molecule has 2 aromatic rings. The van der Waals surface area contributed by atoms with Gasteiger partial charge < -0.3 is 15.5 Å². The van der Waals surface area contributed by atoms with Gasteiger partial charge in [0.25, 0.3) is 5.91 Å². The normalized spacial score (nSPS) is 16.7. The van der Waals surface area contributed by atoms with Crippen LogP contribution in [0.3, 0.4) is 0 Å². The third-order valence-electron chi connectivity index (χ3n) is 4.62. The van der Waals surface area contributed by atoms with Crippen molar-refractivity contribution in [3.05, 3.63) is 46.2 Å². The molecule has 0 aliphatic carbocycles. The highest BCUT2D eigenvalue weighted by Crippen LogP contribution is 2.24. The van der Waals surface area contributed by atoms with E-state index in [2.05, 4.69) is 10.6 Å². The lowest BCUT2D eigenvalue weighted by atomic mass is 9.96. The highest BCUT2D eigenvalue weighted by Gasteiger charge is 2.29. The van der Waals surface area contributed by atoms with E-state index in [-0.39, 0.29) is 23.6 Å². The van der Waals surface area contributed by atoms with Crippen molar-refractivity contribution in [1.29, 1.82) is 0 Å². The van der Waals surface area contributed by atoms with E-state index in [1.165, 1.54) is 18.3 Å². The summed E-state index contributed by atoms with van der Waals surface area (Å²) in [5, 5.41) is 7.58. The molecule has 0 radical (unpaired) electrons. The minimum absolute atomic E-state index is 0.00185. The van der Waals surface area contributed by atoms with Crippen LogP contribution in [-0.2, 0) is 9.59 Å². The summed E-state index contributed by atoms with van der Waals surface area (Å²) in [7, 11) is 0. The average Bonchev–Trinajstić information content (AvgIpc) is 3.18. The molecule has 1 aliphatic heterocycles. The van der Waals surface area contributed by atoms with Crippen molar-refractivity contribution in [2.45, 2.75) is 26.7 Å². The van der Waals surface area contributed by atoms with Gasteiger partial charge in [-0.25, -0.2) is 0 Å². The third-order valence-corrected chi connectivity index (χ3v) is 5.47. The predicted octanol–water partition coefficient (Wildman–Crippen LogP) is 3.51. The van der Waals surface area contributed by atoms with E-state index < -0.39 is 0 Å². The SMILES string of the molecule is CC(=O)Nc1ccc(NC(=O)C2CCCN(C(=O)c3cccs3)C2)cc1C. The second-order valence-corrected chi connectivity index (χ2v) is 7.72. The maximum absolute atomic E-state index is 12.7. The van der Waals surface area contributed by atoms with Crippen LogP contribution in [0, 0.1) is 12.8 Å². The summed E-state index contributed by atoms with van der Waals surface area (Å²) >= 11 is 1.42. The van der Waals surface area contributed by atoms with Crippen LogP contribution in [0.1, 0.15) is 35.0 Å². The number of thiophene rings is 1. The van der Waals surface area contributed by atoms with Crippen molar-refractivity contribution >= 4 is 40.4 Å². The van der Waals surface area contributed by atoms with Gasteiger partial charge in [0.05, 0.1) is 10.8 Å². The summed E-state index contributed by atoms with van der Waals surface area (Å²) in [5.41, 5.74) is 2.29. The number of piperidine rings is 1. The predicted molar refractivity (Wildman–Crippen MR) is 107 cm³/mol. The molecule has 1 aliphatic rings. The topological polar surface area (TPSA) is 78.5 Å². The van der Waals surface area contributed by atoms with Crippen molar-refractivity contribution in [3.8, 4) is 0 Å². The minimum Gasteiger partial charge on any atom is -0.337 e. The van der Waals surface area contributed by atoms with Crippen LogP contribution in [0.5, 0.6) is 0 Å². The Hall–Kier alpha value is -2.67. The van der Waals surface area contributed by atoms with Crippen molar-refractivity contribution in [3.63, 3.8) is 0 Å². The molecule has 1 saturated heterocycles. The highest BCUT2D eigenvalue weighted by atomic mass is 32.1. The van der Waals surface area contributed by atoms with Gasteiger partial charge in [-0.15, -0.1) is 11.3 Å². The van der Waals surface area contributed by atoms with E-state index >= 15 is 0 Å². The van der Waals surface area contributed by atoms with Crippen LogP contribution in [0.15, 0.2) is 35.7 Å². The lowest BCUT2D eigenvalue weighted by Crippen LogP contribution is -2.43. The standard InChI is InChI=1S/C20H23N3O3S/c1-13-11-16(7-8-17(13)21-14(2)24)22-19(25)15-5-3-9-23(12-15)20(26)18-6-4-10-27-18/h4,6-8,10-11,15H,3,5,9,12H2,1-2H3,(H,21,24)(H,22,25). The Morgan fingerprint density at radius 1 is 1.19 bits per heavy atom. The van der Waals surface area contributed by atoms with Crippen LogP contribution in [0.25, 0.3) is 0 Å². The number of benzene rings is 1. The smallest absolute Gasteiger partial charge is 0.263 e. The Kier molecular flexibility index (Phi) is 5.91. The van der Waals surface area contributed by atoms with Gasteiger partial charge in [0.2, 0.25) is 11.8 Å². The second-order valence-electron chi connectivity index (χ2n) is 6.77. The molecule has 1 aromatic carbocycles. The highest BCUT2D eigenvalue weighted by molar-refractivity contribution is 7.12. The first kappa shape index (κ1) is 19.1. The fourth-order valence-electron chi connectivity index (χ4n) is 3.25. The second kappa shape index (κ2) is 8.35. The van der Waals surface area contributed by atoms with Gasteiger partial charge in [-0.05, 0) is 55.0 Å². The molecule has 7 heteroatoms. The van der Waals surface area contributed by atoms with Crippen LogP contribution in [0.2, 0.25) is 0 Å². The summed E-state index contributed by atoms with van der Waals surface area (Å²) in [4.78, 5) is 38.9. The van der Waals surface area contributed by atoms with Crippen LogP contribution in [-0.4, -0.2) is 35.7 Å². The number of carbonyl (C=O) groups excluding carboxylic acids is 3. The van der Waals surface area contributed by atoms with Gasteiger partial charge >= 0.3 is 0 Å². The zero-order chi connectivity index (χ0) is 19.4. The number of likely N-dealkylation sites (tertiary alicyclic amines) is 1. The van der Waals surface area contributed by atoms with Gasteiger partial charge in [-0.1, -0.05) is 6.07 Å². The Labute approximate surface area is 162 Å². The summed E-state index contributed by atoms with van der Waals surface area (Å²) in [5.74, 6) is -0.436. The zero-order valence-electron chi connectivity index (χ0n) is 15.5. The van der Waals surface area contributed by atoms with Gasteiger partial charge in [-0.3, -0.25) is 14.4 Å². The van der Waals surface area contributed by atoms with E-state index in [0.29, 0.717) is 23.7 Å².